The standard InChI is InChI=1S/C16H19NO2S/c1-19-16-8-5-14(9-13(16)11-18)17-10-12-3-6-15(20-2)7-4-12/h3-9,17-18H,10-11H2,1-2H3. The van der Waals surface area contributed by atoms with Gasteiger partial charge in [-0.1, -0.05) is 12.1 Å². The molecule has 4 heteroatoms. The van der Waals surface area contributed by atoms with Crippen molar-refractivity contribution in [1.82, 2.24) is 0 Å². The third-order valence-corrected chi connectivity index (χ3v) is 3.85. The van der Waals surface area contributed by atoms with Gasteiger partial charge in [0.15, 0.2) is 0 Å². The van der Waals surface area contributed by atoms with Crippen molar-refractivity contribution in [3.63, 3.8) is 0 Å². The topological polar surface area (TPSA) is 41.5 Å². The molecule has 0 radical (unpaired) electrons. The molecule has 0 aliphatic rings. The van der Waals surface area contributed by atoms with Gasteiger partial charge < -0.3 is 15.2 Å². The van der Waals surface area contributed by atoms with Crippen LogP contribution in [0.1, 0.15) is 11.1 Å². The minimum atomic E-state index is -0.0267. The molecule has 2 N–H and O–H groups in total. The lowest BCUT2D eigenvalue weighted by Crippen LogP contribution is -2.01. The monoisotopic (exact) mass is 289 g/mol. The van der Waals surface area contributed by atoms with Gasteiger partial charge >= 0.3 is 0 Å². The van der Waals surface area contributed by atoms with E-state index in [-0.39, 0.29) is 6.61 Å². The Morgan fingerprint density at radius 1 is 1.15 bits per heavy atom. The summed E-state index contributed by atoms with van der Waals surface area (Å²) >= 11 is 1.74. The van der Waals surface area contributed by atoms with Crippen molar-refractivity contribution in [3.05, 3.63) is 53.6 Å². The van der Waals surface area contributed by atoms with Crippen molar-refractivity contribution in [2.45, 2.75) is 18.0 Å². The molecule has 3 nitrogen and oxygen atoms in total. The summed E-state index contributed by atoms with van der Waals surface area (Å²) in [7, 11) is 1.61. The van der Waals surface area contributed by atoms with Gasteiger partial charge in [0.05, 0.1) is 13.7 Å². The molecule has 2 rings (SSSR count). The molecule has 20 heavy (non-hydrogen) atoms. The summed E-state index contributed by atoms with van der Waals surface area (Å²) in [6, 6.07) is 14.2. The quantitative estimate of drug-likeness (QED) is 0.798. The molecule has 0 heterocycles. The van der Waals surface area contributed by atoms with E-state index < -0.39 is 0 Å². The first kappa shape index (κ1) is 14.8. The van der Waals surface area contributed by atoms with Crippen LogP contribution in [0.2, 0.25) is 0 Å². The fourth-order valence-electron chi connectivity index (χ4n) is 1.96. The second kappa shape index (κ2) is 7.22. The van der Waals surface area contributed by atoms with E-state index in [1.165, 1.54) is 10.5 Å². The van der Waals surface area contributed by atoms with Crippen molar-refractivity contribution in [3.8, 4) is 5.75 Å². The first-order valence-electron chi connectivity index (χ1n) is 6.41. The number of thioether (sulfide) groups is 1. The van der Waals surface area contributed by atoms with Crippen molar-refractivity contribution in [1.29, 1.82) is 0 Å². The Labute approximate surface area is 124 Å². The lowest BCUT2D eigenvalue weighted by Gasteiger charge is -2.11. The van der Waals surface area contributed by atoms with Crippen LogP contribution in [0.5, 0.6) is 5.75 Å². The number of benzene rings is 2. The van der Waals surface area contributed by atoms with E-state index in [0.29, 0.717) is 5.75 Å². The molecule has 0 unspecified atom stereocenters. The summed E-state index contributed by atoms with van der Waals surface area (Å²) in [6.45, 7) is 0.729. The molecule has 106 valence electrons. The highest BCUT2D eigenvalue weighted by atomic mass is 32.2. The Morgan fingerprint density at radius 2 is 1.90 bits per heavy atom. The van der Waals surface area contributed by atoms with Crippen molar-refractivity contribution >= 4 is 17.4 Å². The number of nitrogens with one attached hydrogen (secondary N) is 1. The van der Waals surface area contributed by atoms with Crippen LogP contribution < -0.4 is 10.1 Å². The average molecular weight is 289 g/mol. The van der Waals surface area contributed by atoms with Crippen LogP contribution in [0.4, 0.5) is 5.69 Å². The first-order valence-corrected chi connectivity index (χ1v) is 7.64. The van der Waals surface area contributed by atoms with Crippen LogP contribution in [-0.2, 0) is 13.2 Å². The third kappa shape index (κ3) is 3.68. The smallest absolute Gasteiger partial charge is 0.124 e. The highest BCUT2D eigenvalue weighted by molar-refractivity contribution is 7.98. The fraction of sp³-hybridized carbons (Fsp3) is 0.250. The zero-order valence-electron chi connectivity index (χ0n) is 11.7. The zero-order valence-corrected chi connectivity index (χ0v) is 12.5. The molecule has 0 aliphatic heterocycles. The Morgan fingerprint density at radius 3 is 2.50 bits per heavy atom. The van der Waals surface area contributed by atoms with Gasteiger partial charge in [-0.25, -0.2) is 0 Å². The summed E-state index contributed by atoms with van der Waals surface area (Å²) in [5.74, 6) is 0.711. The highest BCUT2D eigenvalue weighted by Crippen LogP contribution is 2.23. The summed E-state index contributed by atoms with van der Waals surface area (Å²) in [4.78, 5) is 1.26. The largest absolute Gasteiger partial charge is 0.496 e. The molecule has 0 saturated carbocycles. The number of aliphatic hydroxyl groups is 1. The molecule has 0 aliphatic carbocycles. The highest BCUT2D eigenvalue weighted by Gasteiger charge is 2.03. The van der Waals surface area contributed by atoms with Crippen molar-refractivity contribution in [2.75, 3.05) is 18.7 Å². The summed E-state index contributed by atoms with van der Waals surface area (Å²) in [5.41, 5.74) is 2.99. The molecule has 0 saturated heterocycles. The zero-order chi connectivity index (χ0) is 14.4. The SMILES string of the molecule is COc1ccc(NCc2ccc(SC)cc2)cc1CO. The van der Waals surface area contributed by atoms with Crippen LogP contribution >= 0.6 is 11.8 Å². The third-order valence-electron chi connectivity index (χ3n) is 3.11. The van der Waals surface area contributed by atoms with E-state index in [4.69, 9.17) is 4.74 Å². The van der Waals surface area contributed by atoms with Crippen LogP contribution in [0.15, 0.2) is 47.4 Å². The molecule has 0 spiro atoms. The maximum atomic E-state index is 9.31. The normalized spacial score (nSPS) is 10.3. The van der Waals surface area contributed by atoms with E-state index in [1.807, 2.05) is 18.2 Å². The first-order chi connectivity index (χ1) is 9.76. The van der Waals surface area contributed by atoms with E-state index in [1.54, 1.807) is 18.9 Å². The van der Waals surface area contributed by atoms with Crippen LogP contribution in [0, 0.1) is 0 Å². The lowest BCUT2D eigenvalue weighted by molar-refractivity contribution is 0.274. The number of hydrogen-bond donors (Lipinski definition) is 2. The number of ether oxygens (including phenoxy) is 1. The number of aliphatic hydroxyl groups excluding tert-OH is 1. The Hall–Kier alpha value is -1.65. The number of methoxy groups -OCH3 is 1. The number of hydrogen-bond acceptors (Lipinski definition) is 4. The fourth-order valence-corrected chi connectivity index (χ4v) is 2.37. The Bertz CT molecular complexity index is 555. The van der Waals surface area contributed by atoms with E-state index in [9.17, 15) is 5.11 Å². The number of rotatable bonds is 6. The van der Waals surface area contributed by atoms with E-state index in [2.05, 4.69) is 35.8 Å². The van der Waals surface area contributed by atoms with Gasteiger partial charge in [-0.15, -0.1) is 11.8 Å². The van der Waals surface area contributed by atoms with Gasteiger partial charge in [0, 0.05) is 22.7 Å². The van der Waals surface area contributed by atoms with Gasteiger partial charge in [-0.05, 0) is 42.2 Å². The minimum Gasteiger partial charge on any atom is -0.496 e. The van der Waals surface area contributed by atoms with E-state index >= 15 is 0 Å². The van der Waals surface area contributed by atoms with Gasteiger partial charge in [-0.2, -0.15) is 0 Å². The molecule has 0 bridgehead atoms. The van der Waals surface area contributed by atoms with Crippen molar-refractivity contribution < 1.29 is 9.84 Å². The molecule has 2 aromatic carbocycles. The Kier molecular flexibility index (Phi) is 5.32. The minimum absolute atomic E-state index is 0.0267. The van der Waals surface area contributed by atoms with Gasteiger partial charge in [-0.3, -0.25) is 0 Å². The lowest BCUT2D eigenvalue weighted by atomic mass is 10.1. The summed E-state index contributed by atoms with van der Waals surface area (Å²) in [5, 5.41) is 12.7. The molecule has 2 aromatic rings. The molecular weight excluding hydrogens is 270 g/mol. The van der Waals surface area contributed by atoms with Gasteiger partial charge in [0.25, 0.3) is 0 Å². The molecule has 0 atom stereocenters. The molecule has 0 amide bonds. The van der Waals surface area contributed by atoms with Crippen molar-refractivity contribution in [2.24, 2.45) is 0 Å². The predicted octanol–water partition coefficient (Wildman–Crippen LogP) is 3.52. The van der Waals surface area contributed by atoms with Gasteiger partial charge in [0.2, 0.25) is 0 Å². The van der Waals surface area contributed by atoms with Gasteiger partial charge in [0.1, 0.15) is 5.75 Å². The molecular formula is C16H19NO2S. The van der Waals surface area contributed by atoms with E-state index in [0.717, 1.165) is 17.8 Å². The van der Waals surface area contributed by atoms with Crippen LogP contribution in [0.3, 0.4) is 0 Å². The summed E-state index contributed by atoms with van der Waals surface area (Å²) < 4.78 is 5.19. The molecule has 0 fully saturated rings. The van der Waals surface area contributed by atoms with Crippen LogP contribution in [0.25, 0.3) is 0 Å². The number of anilines is 1. The Balaban J connectivity index is 2.02. The second-order valence-corrected chi connectivity index (χ2v) is 5.27. The van der Waals surface area contributed by atoms with Crippen LogP contribution in [-0.4, -0.2) is 18.5 Å². The predicted molar refractivity (Wildman–Crippen MR) is 84.5 cm³/mol. The molecule has 0 aromatic heterocycles. The maximum Gasteiger partial charge on any atom is 0.124 e. The summed E-state index contributed by atoms with van der Waals surface area (Å²) in [6.07, 6.45) is 2.07. The maximum absolute atomic E-state index is 9.31. The second-order valence-electron chi connectivity index (χ2n) is 4.39. The average Bonchev–Trinajstić information content (AvgIpc) is 2.53.